The molecule has 0 aliphatic heterocycles. The SMILES string of the molecule is NC=NCC(CNc1ccc(C(=O)NCCCC(=O)O)cc1)N(C=O)/C(=C\N)C(N)=O. The number of nitrogens with two attached hydrogens (primary N) is 3. The average molecular weight is 433 g/mol. The van der Waals surface area contributed by atoms with E-state index in [-0.39, 0.29) is 37.7 Å². The summed E-state index contributed by atoms with van der Waals surface area (Å²) in [7, 11) is 0. The Morgan fingerprint density at radius 1 is 1.19 bits per heavy atom. The average Bonchev–Trinajstić information content (AvgIpc) is 2.75. The molecule has 9 N–H and O–H groups in total. The molecule has 0 spiro atoms. The number of primary amides is 1. The summed E-state index contributed by atoms with van der Waals surface area (Å²) < 4.78 is 0. The Morgan fingerprint density at radius 3 is 2.39 bits per heavy atom. The summed E-state index contributed by atoms with van der Waals surface area (Å²) in [6.45, 7) is 0.526. The highest BCUT2D eigenvalue weighted by molar-refractivity contribution is 5.94. The molecule has 168 valence electrons. The maximum atomic E-state index is 12.1. The number of benzene rings is 1. The largest absolute Gasteiger partial charge is 0.481 e. The molecule has 1 unspecified atom stereocenters. The molecule has 0 radical (unpaired) electrons. The zero-order chi connectivity index (χ0) is 23.2. The maximum absolute atomic E-state index is 12.1. The molecule has 0 aromatic heterocycles. The van der Waals surface area contributed by atoms with E-state index >= 15 is 0 Å². The number of carbonyl (C=O) groups excluding carboxylic acids is 3. The van der Waals surface area contributed by atoms with Gasteiger partial charge in [0.05, 0.1) is 18.9 Å². The third kappa shape index (κ3) is 8.43. The Balaban J connectivity index is 2.76. The molecular formula is C19H27N7O5. The number of anilines is 1. The topological polar surface area (TPSA) is 206 Å². The number of carbonyl (C=O) groups is 4. The zero-order valence-corrected chi connectivity index (χ0v) is 16.9. The fourth-order valence-electron chi connectivity index (χ4n) is 2.59. The fourth-order valence-corrected chi connectivity index (χ4v) is 2.59. The van der Waals surface area contributed by atoms with Crippen LogP contribution in [0.1, 0.15) is 23.2 Å². The molecule has 0 aliphatic carbocycles. The van der Waals surface area contributed by atoms with Gasteiger partial charge in [-0.05, 0) is 30.7 Å². The highest BCUT2D eigenvalue weighted by Crippen LogP contribution is 2.12. The Labute approximate surface area is 179 Å². The lowest BCUT2D eigenvalue weighted by atomic mass is 10.1. The minimum absolute atomic E-state index is 0.0207. The molecule has 0 saturated carbocycles. The molecular weight excluding hydrogens is 406 g/mol. The van der Waals surface area contributed by atoms with Crippen molar-refractivity contribution in [3.8, 4) is 0 Å². The van der Waals surface area contributed by atoms with Crippen LogP contribution in [0.4, 0.5) is 5.69 Å². The Bertz CT molecular complexity index is 823. The molecule has 0 heterocycles. The van der Waals surface area contributed by atoms with E-state index in [0.717, 1.165) is 17.4 Å². The van der Waals surface area contributed by atoms with E-state index in [1.165, 1.54) is 0 Å². The molecule has 0 bridgehead atoms. The number of amides is 3. The van der Waals surface area contributed by atoms with E-state index in [0.29, 0.717) is 24.1 Å². The lowest BCUT2D eigenvalue weighted by molar-refractivity contribution is -0.137. The van der Waals surface area contributed by atoms with Gasteiger partial charge in [-0.1, -0.05) is 0 Å². The standard InChI is InChI=1S/C19H27N7O5/c20-8-16(18(22)30)26(12-27)15(9-23-11-21)10-25-14-5-3-13(4-6-14)19(31)24-7-1-2-17(28)29/h3-6,8,11-12,15,25H,1-2,7,9-10,20H2,(H2,21,23)(H2,22,30)(H,24,31)(H,28,29)/b16-8-. The van der Waals surface area contributed by atoms with Crippen molar-refractivity contribution < 1.29 is 24.3 Å². The third-order valence-electron chi connectivity index (χ3n) is 4.16. The van der Waals surface area contributed by atoms with E-state index in [4.69, 9.17) is 22.3 Å². The molecule has 12 nitrogen and oxygen atoms in total. The molecule has 1 rings (SSSR count). The van der Waals surface area contributed by atoms with Gasteiger partial charge in [-0.2, -0.15) is 0 Å². The number of nitrogens with zero attached hydrogens (tertiary/aromatic N) is 2. The van der Waals surface area contributed by atoms with Crippen molar-refractivity contribution in [3.05, 3.63) is 41.7 Å². The van der Waals surface area contributed by atoms with Crippen molar-refractivity contribution in [3.63, 3.8) is 0 Å². The van der Waals surface area contributed by atoms with Gasteiger partial charge >= 0.3 is 5.97 Å². The number of nitrogens with one attached hydrogen (secondary N) is 2. The van der Waals surface area contributed by atoms with E-state index in [2.05, 4.69) is 15.6 Å². The van der Waals surface area contributed by atoms with Gasteiger partial charge in [0, 0.05) is 37.0 Å². The van der Waals surface area contributed by atoms with Crippen LogP contribution in [0.15, 0.2) is 41.2 Å². The van der Waals surface area contributed by atoms with E-state index in [1.54, 1.807) is 24.3 Å². The van der Waals surface area contributed by atoms with Crippen LogP contribution in [0.25, 0.3) is 0 Å². The Hall–Kier alpha value is -4.09. The highest BCUT2D eigenvalue weighted by Gasteiger charge is 2.23. The van der Waals surface area contributed by atoms with E-state index in [9.17, 15) is 19.2 Å². The number of rotatable bonds is 14. The summed E-state index contributed by atoms with van der Waals surface area (Å²) in [6.07, 6.45) is 2.77. The second-order valence-electron chi connectivity index (χ2n) is 6.31. The number of carboxylic acid groups (broad SMARTS) is 1. The molecule has 0 aliphatic rings. The molecule has 31 heavy (non-hydrogen) atoms. The molecule has 1 atom stereocenters. The van der Waals surface area contributed by atoms with Crippen molar-refractivity contribution in [1.29, 1.82) is 0 Å². The minimum atomic E-state index is -0.918. The van der Waals surface area contributed by atoms with Crippen LogP contribution < -0.4 is 27.8 Å². The molecule has 0 fully saturated rings. The van der Waals surface area contributed by atoms with Crippen LogP contribution in [0.2, 0.25) is 0 Å². The summed E-state index contributed by atoms with van der Waals surface area (Å²) >= 11 is 0. The van der Waals surface area contributed by atoms with Crippen LogP contribution >= 0.6 is 0 Å². The van der Waals surface area contributed by atoms with Gasteiger partial charge in [-0.3, -0.25) is 24.2 Å². The summed E-state index contributed by atoms with van der Waals surface area (Å²) in [5, 5.41) is 14.3. The molecule has 1 aromatic rings. The predicted octanol–water partition coefficient (Wildman–Crippen LogP) is -1.21. The van der Waals surface area contributed by atoms with Crippen LogP contribution in [0.5, 0.6) is 0 Å². The van der Waals surface area contributed by atoms with Crippen LogP contribution in [-0.4, -0.2) is 66.2 Å². The summed E-state index contributed by atoms with van der Waals surface area (Å²) in [6, 6.07) is 5.89. The van der Waals surface area contributed by atoms with Gasteiger partial charge in [0.25, 0.3) is 11.8 Å². The van der Waals surface area contributed by atoms with Crippen molar-refractivity contribution >= 4 is 36.2 Å². The quantitative estimate of drug-likeness (QED) is 0.0688. The van der Waals surface area contributed by atoms with Crippen molar-refractivity contribution in [2.75, 3.05) is 25.0 Å². The third-order valence-corrected chi connectivity index (χ3v) is 4.16. The number of aliphatic carboxylic acids is 1. The fraction of sp³-hybridized carbons (Fsp3) is 0.316. The van der Waals surface area contributed by atoms with E-state index in [1.807, 2.05) is 0 Å². The molecule has 12 heteroatoms. The van der Waals surface area contributed by atoms with Crippen molar-refractivity contribution in [1.82, 2.24) is 10.2 Å². The molecule has 1 aromatic carbocycles. The highest BCUT2D eigenvalue weighted by atomic mass is 16.4. The first-order valence-electron chi connectivity index (χ1n) is 9.33. The number of hydrogen-bond acceptors (Lipinski definition) is 7. The molecule has 3 amide bonds. The van der Waals surface area contributed by atoms with Crippen molar-refractivity contribution in [2.24, 2.45) is 22.2 Å². The normalized spacial score (nSPS) is 12.2. The predicted molar refractivity (Wildman–Crippen MR) is 115 cm³/mol. The summed E-state index contributed by atoms with van der Waals surface area (Å²) in [5.74, 6) is -2.10. The second kappa shape index (κ2) is 13.2. The van der Waals surface area contributed by atoms with Gasteiger partial charge in [0.1, 0.15) is 5.70 Å². The lowest BCUT2D eigenvalue weighted by Crippen LogP contribution is -2.44. The zero-order valence-electron chi connectivity index (χ0n) is 16.9. The first-order chi connectivity index (χ1) is 14.8. The van der Waals surface area contributed by atoms with Crippen LogP contribution in [-0.2, 0) is 14.4 Å². The van der Waals surface area contributed by atoms with Gasteiger partial charge in [-0.25, -0.2) is 0 Å². The van der Waals surface area contributed by atoms with E-state index < -0.39 is 17.9 Å². The minimum Gasteiger partial charge on any atom is -0.481 e. The summed E-state index contributed by atoms with van der Waals surface area (Å²) in [4.78, 5) is 50.6. The number of aliphatic imine (C=N–C) groups is 1. The summed E-state index contributed by atoms with van der Waals surface area (Å²) in [5.41, 5.74) is 16.8. The molecule has 0 saturated heterocycles. The second-order valence-corrected chi connectivity index (χ2v) is 6.31. The monoisotopic (exact) mass is 433 g/mol. The van der Waals surface area contributed by atoms with Crippen LogP contribution in [0, 0.1) is 0 Å². The van der Waals surface area contributed by atoms with Crippen LogP contribution in [0.3, 0.4) is 0 Å². The number of hydrogen-bond donors (Lipinski definition) is 6. The van der Waals surface area contributed by atoms with Gasteiger partial charge in [0.2, 0.25) is 6.41 Å². The van der Waals surface area contributed by atoms with Gasteiger partial charge < -0.3 is 37.8 Å². The lowest BCUT2D eigenvalue weighted by Gasteiger charge is -2.28. The van der Waals surface area contributed by atoms with Crippen molar-refractivity contribution in [2.45, 2.75) is 18.9 Å². The smallest absolute Gasteiger partial charge is 0.303 e. The Morgan fingerprint density at radius 2 is 1.87 bits per heavy atom. The maximum Gasteiger partial charge on any atom is 0.303 e. The Kier molecular flexibility index (Phi) is 10.6. The first kappa shape index (κ1) is 24.9. The van der Waals surface area contributed by atoms with Gasteiger partial charge in [0.15, 0.2) is 0 Å². The first-order valence-corrected chi connectivity index (χ1v) is 9.33. The van der Waals surface area contributed by atoms with Gasteiger partial charge in [-0.15, -0.1) is 0 Å². The number of carboxylic acids is 1.